The number of aromatic nitrogens is 1. The van der Waals surface area contributed by atoms with Crippen molar-refractivity contribution < 1.29 is 19.2 Å². The van der Waals surface area contributed by atoms with E-state index in [0.29, 0.717) is 19.8 Å². The van der Waals surface area contributed by atoms with Crippen LogP contribution in [0.15, 0.2) is 12.3 Å². The molecule has 1 unspecified atom stereocenters. The maximum absolute atomic E-state index is 12.0. The fourth-order valence-electron chi connectivity index (χ4n) is 1.75. The monoisotopic (exact) mass is 282 g/mol. The van der Waals surface area contributed by atoms with Crippen LogP contribution < -0.4 is 11.1 Å². The number of carbonyl (C=O) groups is 1. The Kier molecular flexibility index (Phi) is 4.43. The number of nitrogens with two attached hydrogens (primary N) is 1. The van der Waals surface area contributed by atoms with Crippen LogP contribution in [0.2, 0.25) is 0 Å². The van der Waals surface area contributed by atoms with Gasteiger partial charge in [0.2, 0.25) is 0 Å². The zero-order valence-electron chi connectivity index (χ0n) is 10.6. The first-order valence-corrected chi connectivity index (χ1v) is 5.95. The third-order valence-electron chi connectivity index (χ3n) is 2.72. The van der Waals surface area contributed by atoms with Gasteiger partial charge in [0, 0.05) is 6.54 Å². The van der Waals surface area contributed by atoms with Gasteiger partial charge in [-0.25, -0.2) is 4.98 Å². The molecule has 1 aliphatic rings. The highest BCUT2D eigenvalue weighted by molar-refractivity contribution is 5.98. The topological polar surface area (TPSA) is 130 Å². The van der Waals surface area contributed by atoms with Gasteiger partial charge in [0.15, 0.2) is 0 Å². The van der Waals surface area contributed by atoms with E-state index in [4.69, 9.17) is 15.2 Å². The number of nitro groups is 1. The molecule has 0 saturated carbocycles. The number of hydrogen-bond donors (Lipinski definition) is 2. The van der Waals surface area contributed by atoms with Gasteiger partial charge in [0.1, 0.15) is 17.6 Å². The second kappa shape index (κ2) is 6.26. The second-order valence-corrected chi connectivity index (χ2v) is 4.16. The van der Waals surface area contributed by atoms with Crippen molar-refractivity contribution in [3.05, 3.63) is 27.9 Å². The van der Waals surface area contributed by atoms with Gasteiger partial charge in [0.25, 0.3) is 11.6 Å². The fraction of sp³-hybridized carbons (Fsp3) is 0.455. The zero-order chi connectivity index (χ0) is 14.5. The van der Waals surface area contributed by atoms with Crippen molar-refractivity contribution in [2.24, 2.45) is 0 Å². The molecule has 0 aliphatic carbocycles. The molecule has 1 aromatic rings. The highest BCUT2D eigenvalue weighted by Crippen LogP contribution is 2.18. The molecular formula is C11H14N4O5. The van der Waals surface area contributed by atoms with E-state index in [1.54, 1.807) is 0 Å². The lowest BCUT2D eigenvalue weighted by Gasteiger charge is -2.23. The van der Waals surface area contributed by atoms with Gasteiger partial charge in [-0.3, -0.25) is 14.9 Å². The summed E-state index contributed by atoms with van der Waals surface area (Å²) in [6.07, 6.45) is 0.704. The van der Waals surface area contributed by atoms with Gasteiger partial charge in [-0.15, -0.1) is 0 Å². The molecule has 20 heavy (non-hydrogen) atoms. The highest BCUT2D eigenvalue weighted by atomic mass is 16.6. The number of rotatable bonds is 4. The summed E-state index contributed by atoms with van der Waals surface area (Å²) in [5, 5.41) is 13.4. The Hall–Kier alpha value is -2.26. The lowest BCUT2D eigenvalue weighted by atomic mass is 10.2. The minimum absolute atomic E-state index is 0.0398. The lowest BCUT2D eigenvalue weighted by molar-refractivity contribution is -0.385. The minimum Gasteiger partial charge on any atom is -0.384 e. The van der Waals surface area contributed by atoms with Crippen LogP contribution in [0.1, 0.15) is 10.4 Å². The van der Waals surface area contributed by atoms with E-state index in [0.717, 1.165) is 6.20 Å². The molecule has 1 saturated heterocycles. The van der Waals surface area contributed by atoms with E-state index >= 15 is 0 Å². The smallest absolute Gasteiger partial charge is 0.300 e. The molecule has 0 radical (unpaired) electrons. The van der Waals surface area contributed by atoms with Crippen molar-refractivity contribution >= 4 is 17.4 Å². The van der Waals surface area contributed by atoms with Crippen LogP contribution >= 0.6 is 0 Å². The van der Waals surface area contributed by atoms with E-state index in [9.17, 15) is 14.9 Å². The fourth-order valence-corrected chi connectivity index (χ4v) is 1.75. The van der Waals surface area contributed by atoms with Crippen LogP contribution in [-0.2, 0) is 9.47 Å². The summed E-state index contributed by atoms with van der Waals surface area (Å²) in [6, 6.07) is 1.17. The number of carbonyl (C=O) groups excluding carboxylic acids is 1. The van der Waals surface area contributed by atoms with Crippen molar-refractivity contribution in [2.45, 2.75) is 6.10 Å². The first-order valence-electron chi connectivity index (χ1n) is 5.95. The first kappa shape index (κ1) is 14.2. The molecule has 9 heteroatoms. The Balaban J connectivity index is 2.04. The predicted molar refractivity (Wildman–Crippen MR) is 68.2 cm³/mol. The van der Waals surface area contributed by atoms with Crippen LogP contribution in [-0.4, -0.2) is 48.3 Å². The Labute approximate surface area is 114 Å². The van der Waals surface area contributed by atoms with Crippen molar-refractivity contribution in [3.8, 4) is 0 Å². The SMILES string of the molecule is Nc1cc(C(=O)NCC2COCCO2)c([N+](=O)[O-])cn1. The van der Waals surface area contributed by atoms with Crippen LogP contribution in [0, 0.1) is 10.1 Å². The van der Waals surface area contributed by atoms with Crippen LogP contribution in [0.5, 0.6) is 0 Å². The molecule has 1 fully saturated rings. The van der Waals surface area contributed by atoms with Crippen molar-refractivity contribution in [3.63, 3.8) is 0 Å². The number of nitrogens with one attached hydrogen (secondary N) is 1. The van der Waals surface area contributed by atoms with Crippen LogP contribution in [0.25, 0.3) is 0 Å². The molecule has 108 valence electrons. The number of hydrogen-bond acceptors (Lipinski definition) is 7. The Morgan fingerprint density at radius 2 is 2.40 bits per heavy atom. The van der Waals surface area contributed by atoms with Crippen LogP contribution in [0.4, 0.5) is 11.5 Å². The Morgan fingerprint density at radius 3 is 3.05 bits per heavy atom. The number of nitrogen functional groups attached to an aromatic ring is 1. The molecule has 1 atom stereocenters. The van der Waals surface area contributed by atoms with Crippen molar-refractivity contribution in [1.82, 2.24) is 10.3 Å². The van der Waals surface area contributed by atoms with Gasteiger partial charge in [-0.05, 0) is 6.07 Å². The molecule has 0 aromatic carbocycles. The first-order chi connectivity index (χ1) is 9.58. The summed E-state index contributed by atoms with van der Waals surface area (Å²) in [5.74, 6) is -0.557. The summed E-state index contributed by atoms with van der Waals surface area (Å²) >= 11 is 0. The van der Waals surface area contributed by atoms with Gasteiger partial charge >= 0.3 is 0 Å². The molecule has 9 nitrogen and oxygen atoms in total. The third kappa shape index (κ3) is 3.39. The summed E-state index contributed by atoms with van der Waals surface area (Å²) in [4.78, 5) is 25.7. The zero-order valence-corrected chi connectivity index (χ0v) is 10.6. The average molecular weight is 282 g/mol. The van der Waals surface area contributed by atoms with Crippen molar-refractivity contribution in [1.29, 1.82) is 0 Å². The van der Waals surface area contributed by atoms with Gasteiger partial charge < -0.3 is 20.5 Å². The minimum atomic E-state index is -0.679. The summed E-state index contributed by atoms with van der Waals surface area (Å²) in [7, 11) is 0. The molecule has 1 aliphatic heterocycles. The van der Waals surface area contributed by atoms with E-state index in [2.05, 4.69) is 10.3 Å². The van der Waals surface area contributed by atoms with Crippen LogP contribution in [0.3, 0.4) is 0 Å². The number of ether oxygens (including phenoxy) is 2. The number of pyridine rings is 1. The summed E-state index contributed by atoms with van der Waals surface area (Å²) in [6.45, 7) is 1.57. The molecule has 3 N–H and O–H groups in total. The quantitative estimate of drug-likeness (QED) is 0.573. The molecule has 0 bridgehead atoms. The van der Waals surface area contributed by atoms with E-state index < -0.39 is 16.5 Å². The van der Waals surface area contributed by atoms with Gasteiger partial charge in [0.05, 0.1) is 30.8 Å². The van der Waals surface area contributed by atoms with E-state index in [1.165, 1.54) is 6.07 Å². The maximum Gasteiger partial charge on any atom is 0.300 e. The largest absolute Gasteiger partial charge is 0.384 e. The highest BCUT2D eigenvalue weighted by Gasteiger charge is 2.22. The number of amides is 1. The lowest BCUT2D eigenvalue weighted by Crippen LogP contribution is -2.39. The average Bonchev–Trinajstić information content (AvgIpc) is 2.45. The Morgan fingerprint density at radius 1 is 1.60 bits per heavy atom. The third-order valence-corrected chi connectivity index (χ3v) is 2.72. The Bertz CT molecular complexity index is 516. The maximum atomic E-state index is 12.0. The van der Waals surface area contributed by atoms with Gasteiger partial charge in [-0.1, -0.05) is 0 Å². The molecular weight excluding hydrogens is 268 g/mol. The standard InChI is InChI=1S/C11H14N4O5/c12-10-3-8(9(5-13-10)15(17)18)11(16)14-4-7-6-19-1-2-20-7/h3,5,7H,1-2,4,6H2,(H2,12,13)(H,14,16). The van der Waals surface area contributed by atoms with Gasteiger partial charge in [-0.2, -0.15) is 0 Å². The van der Waals surface area contributed by atoms with Crippen molar-refractivity contribution in [2.75, 3.05) is 32.1 Å². The molecule has 0 spiro atoms. The summed E-state index contributed by atoms with van der Waals surface area (Å²) in [5.41, 5.74) is 4.93. The summed E-state index contributed by atoms with van der Waals surface area (Å²) < 4.78 is 10.5. The normalized spacial score (nSPS) is 18.5. The number of nitrogens with zero attached hydrogens (tertiary/aromatic N) is 2. The molecule has 1 amide bonds. The van der Waals surface area contributed by atoms with E-state index in [-0.39, 0.29) is 24.0 Å². The molecule has 2 heterocycles. The number of anilines is 1. The molecule has 2 rings (SSSR count). The molecule has 1 aromatic heterocycles. The second-order valence-electron chi connectivity index (χ2n) is 4.16. The van der Waals surface area contributed by atoms with E-state index in [1.807, 2.05) is 0 Å². The predicted octanol–water partition coefficient (Wildman–Crippen LogP) is -0.283.